The van der Waals surface area contributed by atoms with E-state index in [9.17, 15) is 9.59 Å². The van der Waals surface area contributed by atoms with E-state index < -0.39 is 0 Å². The molecule has 8 nitrogen and oxygen atoms in total. The molecule has 34 heavy (non-hydrogen) atoms. The summed E-state index contributed by atoms with van der Waals surface area (Å²) in [5.74, 6) is 0.0320. The Balaban J connectivity index is 3.52. The van der Waals surface area contributed by atoms with Crippen molar-refractivity contribution in [3.8, 4) is 0 Å². The molecule has 0 aromatic heterocycles. The maximum Gasteiger partial charge on any atom is 0.222 e. The number of nitrogens with zero attached hydrogens (tertiary/aromatic N) is 2. The van der Waals surface area contributed by atoms with Crippen LogP contribution in [-0.2, 0) is 9.59 Å². The van der Waals surface area contributed by atoms with Gasteiger partial charge >= 0.3 is 0 Å². The predicted molar refractivity (Wildman–Crippen MR) is 135 cm³/mol. The normalized spacial score (nSPS) is 11.3. The SMILES string of the molecule is O=C(CCCCCCCC=CCCCCCCCC(=O)N(CCO)CCO)N(CCO)CCO. The Morgan fingerprint density at radius 1 is 0.471 bits per heavy atom. The third-order valence-corrected chi connectivity index (χ3v) is 5.87. The first kappa shape index (κ1) is 32.5. The van der Waals surface area contributed by atoms with E-state index in [4.69, 9.17) is 20.4 Å². The summed E-state index contributed by atoms with van der Waals surface area (Å²) in [5, 5.41) is 35.9. The summed E-state index contributed by atoms with van der Waals surface area (Å²) in [5.41, 5.74) is 0. The Labute approximate surface area is 206 Å². The second-order valence-corrected chi connectivity index (χ2v) is 8.74. The predicted octanol–water partition coefficient (Wildman–Crippen LogP) is 2.63. The number of aliphatic hydroxyl groups excluding tert-OH is 4. The van der Waals surface area contributed by atoms with Crippen molar-refractivity contribution < 1.29 is 30.0 Å². The van der Waals surface area contributed by atoms with Gasteiger partial charge < -0.3 is 30.2 Å². The molecule has 200 valence electrons. The smallest absolute Gasteiger partial charge is 0.222 e. The Morgan fingerprint density at radius 2 is 0.765 bits per heavy atom. The number of unbranched alkanes of at least 4 members (excludes halogenated alkanes) is 10. The van der Waals surface area contributed by atoms with Crippen LogP contribution in [0, 0.1) is 0 Å². The lowest BCUT2D eigenvalue weighted by atomic mass is 10.1. The minimum Gasteiger partial charge on any atom is -0.395 e. The van der Waals surface area contributed by atoms with Gasteiger partial charge in [-0.05, 0) is 38.5 Å². The standard InChI is InChI=1S/C26H50N2O6/c29-21-17-27(18-22-30)25(33)15-13-11-9-7-5-3-1-2-4-6-8-10-12-14-16-26(34)28(19-23-31)20-24-32/h1-2,29-32H,3-24H2. The van der Waals surface area contributed by atoms with Crippen molar-refractivity contribution in [2.75, 3.05) is 52.6 Å². The third-order valence-electron chi connectivity index (χ3n) is 5.87. The molecule has 0 aliphatic rings. The van der Waals surface area contributed by atoms with Crippen molar-refractivity contribution in [2.45, 2.75) is 89.9 Å². The second kappa shape index (κ2) is 24.6. The van der Waals surface area contributed by atoms with Crippen molar-refractivity contribution in [1.29, 1.82) is 0 Å². The fourth-order valence-corrected chi connectivity index (χ4v) is 3.89. The summed E-state index contributed by atoms with van der Waals surface area (Å²) in [6.45, 7) is 0.904. The van der Waals surface area contributed by atoms with E-state index in [2.05, 4.69) is 12.2 Å². The van der Waals surface area contributed by atoms with Crippen molar-refractivity contribution in [3.63, 3.8) is 0 Å². The molecule has 0 saturated heterocycles. The molecule has 4 N–H and O–H groups in total. The van der Waals surface area contributed by atoms with Crippen LogP contribution in [0.25, 0.3) is 0 Å². The zero-order valence-electron chi connectivity index (χ0n) is 21.2. The minimum absolute atomic E-state index is 0.0160. The zero-order chi connectivity index (χ0) is 25.3. The van der Waals surface area contributed by atoms with E-state index in [1.165, 1.54) is 35.5 Å². The quantitative estimate of drug-likeness (QED) is 0.123. The molecule has 0 aliphatic carbocycles. The summed E-state index contributed by atoms with van der Waals surface area (Å²) in [7, 11) is 0. The number of allylic oxidation sites excluding steroid dienone is 2. The van der Waals surface area contributed by atoms with E-state index in [-0.39, 0.29) is 38.2 Å². The third kappa shape index (κ3) is 18.9. The van der Waals surface area contributed by atoms with Crippen LogP contribution < -0.4 is 0 Å². The van der Waals surface area contributed by atoms with Gasteiger partial charge in [0.05, 0.1) is 26.4 Å². The summed E-state index contributed by atoms with van der Waals surface area (Å²) in [4.78, 5) is 27.1. The topological polar surface area (TPSA) is 122 Å². The van der Waals surface area contributed by atoms with Gasteiger partial charge in [-0.3, -0.25) is 9.59 Å². The number of aliphatic hydroxyl groups is 4. The molecular formula is C26H50N2O6. The Morgan fingerprint density at radius 3 is 1.09 bits per heavy atom. The molecule has 0 unspecified atom stereocenters. The molecule has 0 aromatic rings. The van der Waals surface area contributed by atoms with E-state index in [1.54, 1.807) is 0 Å². The largest absolute Gasteiger partial charge is 0.395 e. The van der Waals surface area contributed by atoms with Crippen LogP contribution in [0.15, 0.2) is 12.2 Å². The first-order valence-corrected chi connectivity index (χ1v) is 13.2. The van der Waals surface area contributed by atoms with Crippen LogP contribution in [0.5, 0.6) is 0 Å². The first-order chi connectivity index (χ1) is 16.6. The van der Waals surface area contributed by atoms with Crippen LogP contribution in [0.2, 0.25) is 0 Å². The second-order valence-electron chi connectivity index (χ2n) is 8.74. The Hall–Kier alpha value is -1.48. The van der Waals surface area contributed by atoms with Crippen LogP contribution >= 0.6 is 0 Å². The molecule has 0 spiro atoms. The average molecular weight is 487 g/mol. The molecule has 0 aliphatic heterocycles. The molecule has 2 amide bonds. The summed E-state index contributed by atoms with van der Waals surface area (Å²) in [6, 6.07) is 0. The fraction of sp³-hybridized carbons (Fsp3) is 0.846. The molecule has 0 aromatic carbocycles. The van der Waals surface area contributed by atoms with Crippen molar-refractivity contribution in [3.05, 3.63) is 12.2 Å². The number of carbonyl (C=O) groups is 2. The summed E-state index contributed by atoms with van der Waals surface area (Å²) >= 11 is 0. The van der Waals surface area contributed by atoms with Gasteiger partial charge in [0.1, 0.15) is 0 Å². The van der Waals surface area contributed by atoms with Gasteiger partial charge in [0.15, 0.2) is 0 Å². The zero-order valence-corrected chi connectivity index (χ0v) is 21.2. The van der Waals surface area contributed by atoms with Gasteiger partial charge in [-0.25, -0.2) is 0 Å². The maximum atomic E-state index is 12.0. The molecular weight excluding hydrogens is 436 g/mol. The molecule has 0 saturated carbocycles. The van der Waals surface area contributed by atoms with Gasteiger partial charge in [0.25, 0.3) is 0 Å². The van der Waals surface area contributed by atoms with E-state index in [0.717, 1.165) is 51.4 Å². The lowest BCUT2D eigenvalue weighted by Crippen LogP contribution is -2.35. The number of amides is 2. The van der Waals surface area contributed by atoms with Gasteiger partial charge in [0, 0.05) is 39.0 Å². The highest BCUT2D eigenvalue weighted by molar-refractivity contribution is 5.76. The maximum absolute atomic E-state index is 12.0. The van der Waals surface area contributed by atoms with Crippen molar-refractivity contribution in [2.24, 2.45) is 0 Å². The Bertz CT molecular complexity index is 460. The molecule has 8 heteroatoms. The monoisotopic (exact) mass is 486 g/mol. The lowest BCUT2D eigenvalue weighted by molar-refractivity contribution is -0.133. The van der Waals surface area contributed by atoms with Gasteiger partial charge in [-0.1, -0.05) is 50.7 Å². The van der Waals surface area contributed by atoms with Crippen molar-refractivity contribution >= 4 is 11.8 Å². The molecule has 0 bridgehead atoms. The molecule has 0 atom stereocenters. The minimum atomic E-state index is -0.0696. The van der Waals surface area contributed by atoms with Crippen molar-refractivity contribution in [1.82, 2.24) is 9.80 Å². The molecule has 0 heterocycles. The number of rotatable bonds is 24. The Kier molecular flexibility index (Phi) is 23.6. The van der Waals surface area contributed by atoms with Crippen LogP contribution in [0.4, 0.5) is 0 Å². The summed E-state index contributed by atoms with van der Waals surface area (Å²) < 4.78 is 0. The van der Waals surface area contributed by atoms with E-state index in [0.29, 0.717) is 39.0 Å². The van der Waals surface area contributed by atoms with Gasteiger partial charge in [-0.2, -0.15) is 0 Å². The molecule has 0 fully saturated rings. The van der Waals surface area contributed by atoms with Crippen LogP contribution in [0.3, 0.4) is 0 Å². The number of carbonyl (C=O) groups excluding carboxylic acids is 2. The van der Waals surface area contributed by atoms with Crippen LogP contribution in [0.1, 0.15) is 89.9 Å². The lowest BCUT2D eigenvalue weighted by Gasteiger charge is -2.20. The molecule has 0 radical (unpaired) electrons. The van der Waals surface area contributed by atoms with Gasteiger partial charge in [0.2, 0.25) is 11.8 Å². The fourth-order valence-electron chi connectivity index (χ4n) is 3.89. The van der Waals surface area contributed by atoms with E-state index >= 15 is 0 Å². The first-order valence-electron chi connectivity index (χ1n) is 13.2. The number of hydrogen-bond acceptors (Lipinski definition) is 6. The van der Waals surface area contributed by atoms with Crippen LogP contribution in [-0.4, -0.2) is 94.6 Å². The van der Waals surface area contributed by atoms with E-state index in [1.807, 2.05) is 0 Å². The highest BCUT2D eigenvalue weighted by Gasteiger charge is 2.12. The summed E-state index contributed by atoms with van der Waals surface area (Å²) in [6.07, 6.45) is 18.4. The highest BCUT2D eigenvalue weighted by Crippen LogP contribution is 2.11. The number of hydrogen-bond donors (Lipinski definition) is 4. The molecule has 0 rings (SSSR count). The highest BCUT2D eigenvalue weighted by atomic mass is 16.3. The van der Waals surface area contributed by atoms with Gasteiger partial charge in [-0.15, -0.1) is 0 Å². The average Bonchev–Trinajstić information content (AvgIpc) is 2.83.